The molecule has 0 N–H and O–H groups in total. The number of fused-ring (bicyclic) bond motifs is 1. The molecule has 0 aliphatic rings. The van der Waals surface area contributed by atoms with Crippen LogP contribution < -0.4 is 4.74 Å². The predicted molar refractivity (Wildman–Crippen MR) is 78.5 cm³/mol. The second kappa shape index (κ2) is 4.73. The highest BCUT2D eigenvalue weighted by Crippen LogP contribution is 2.29. The molecule has 2 aromatic carbocycles. The lowest BCUT2D eigenvalue weighted by Crippen LogP contribution is -1.92. The standard InChI is InChI=1S/C17H15NO/c1-12-8-9-15-14(10-12)11-16(18-17(15)19-2)13-6-4-3-5-7-13/h3-11H,1-2H3. The van der Waals surface area contributed by atoms with Crippen molar-refractivity contribution >= 4 is 10.8 Å². The molecule has 2 heteroatoms. The number of nitrogens with zero attached hydrogens (tertiary/aromatic N) is 1. The number of pyridine rings is 1. The number of hydrogen-bond donors (Lipinski definition) is 0. The number of benzene rings is 2. The summed E-state index contributed by atoms with van der Waals surface area (Å²) in [5.41, 5.74) is 3.28. The van der Waals surface area contributed by atoms with Crippen LogP contribution in [0.2, 0.25) is 0 Å². The molecular formula is C17H15NO. The van der Waals surface area contributed by atoms with Gasteiger partial charge in [-0.05, 0) is 24.4 Å². The van der Waals surface area contributed by atoms with Crippen LogP contribution in [0, 0.1) is 6.92 Å². The smallest absolute Gasteiger partial charge is 0.221 e. The van der Waals surface area contributed by atoms with Gasteiger partial charge in [-0.3, -0.25) is 0 Å². The summed E-state index contributed by atoms with van der Waals surface area (Å²) < 4.78 is 5.42. The Balaban J connectivity index is 2.27. The van der Waals surface area contributed by atoms with Crippen molar-refractivity contribution in [3.05, 3.63) is 60.2 Å². The van der Waals surface area contributed by atoms with Crippen molar-refractivity contribution in [3.8, 4) is 17.1 Å². The fourth-order valence-corrected chi connectivity index (χ4v) is 2.26. The fourth-order valence-electron chi connectivity index (χ4n) is 2.26. The van der Waals surface area contributed by atoms with Gasteiger partial charge in [0, 0.05) is 10.9 Å². The average Bonchev–Trinajstić information content (AvgIpc) is 2.46. The summed E-state index contributed by atoms with van der Waals surface area (Å²) >= 11 is 0. The van der Waals surface area contributed by atoms with E-state index in [9.17, 15) is 0 Å². The normalized spacial score (nSPS) is 10.6. The van der Waals surface area contributed by atoms with Crippen LogP contribution in [-0.2, 0) is 0 Å². The molecule has 0 amide bonds. The Kier molecular flexibility index (Phi) is 2.92. The van der Waals surface area contributed by atoms with Crippen LogP contribution in [0.3, 0.4) is 0 Å². The molecule has 1 heterocycles. The molecule has 2 nitrogen and oxygen atoms in total. The fraction of sp³-hybridized carbons (Fsp3) is 0.118. The lowest BCUT2D eigenvalue weighted by atomic mass is 10.1. The van der Waals surface area contributed by atoms with Crippen LogP contribution in [0.4, 0.5) is 0 Å². The Morgan fingerprint density at radius 2 is 1.74 bits per heavy atom. The van der Waals surface area contributed by atoms with Crippen LogP contribution in [0.15, 0.2) is 54.6 Å². The third-order valence-corrected chi connectivity index (χ3v) is 3.21. The van der Waals surface area contributed by atoms with Gasteiger partial charge in [0.2, 0.25) is 5.88 Å². The number of aryl methyl sites for hydroxylation is 1. The highest BCUT2D eigenvalue weighted by Gasteiger charge is 2.07. The van der Waals surface area contributed by atoms with Gasteiger partial charge in [-0.2, -0.15) is 0 Å². The molecule has 0 saturated heterocycles. The predicted octanol–water partition coefficient (Wildman–Crippen LogP) is 4.22. The van der Waals surface area contributed by atoms with E-state index in [-0.39, 0.29) is 0 Å². The van der Waals surface area contributed by atoms with E-state index in [4.69, 9.17) is 4.74 Å². The zero-order valence-electron chi connectivity index (χ0n) is 11.1. The quantitative estimate of drug-likeness (QED) is 0.678. The summed E-state index contributed by atoms with van der Waals surface area (Å²) in [5.74, 6) is 0.677. The van der Waals surface area contributed by atoms with Crippen molar-refractivity contribution in [2.24, 2.45) is 0 Å². The molecule has 0 bridgehead atoms. The molecule has 0 saturated carbocycles. The third-order valence-electron chi connectivity index (χ3n) is 3.21. The molecular weight excluding hydrogens is 234 g/mol. The molecule has 19 heavy (non-hydrogen) atoms. The molecule has 0 fully saturated rings. The topological polar surface area (TPSA) is 22.1 Å². The second-order valence-electron chi connectivity index (χ2n) is 4.61. The summed E-state index contributed by atoms with van der Waals surface area (Å²) in [4.78, 5) is 4.60. The first-order valence-electron chi connectivity index (χ1n) is 6.29. The first kappa shape index (κ1) is 11.7. The van der Waals surface area contributed by atoms with Crippen molar-refractivity contribution in [3.63, 3.8) is 0 Å². The van der Waals surface area contributed by atoms with E-state index in [2.05, 4.69) is 48.3 Å². The Labute approximate surface area is 112 Å². The number of methoxy groups -OCH3 is 1. The minimum Gasteiger partial charge on any atom is -0.481 e. The van der Waals surface area contributed by atoms with Crippen LogP contribution in [0.25, 0.3) is 22.0 Å². The van der Waals surface area contributed by atoms with Crippen molar-refractivity contribution in [2.75, 3.05) is 7.11 Å². The molecule has 0 atom stereocenters. The van der Waals surface area contributed by atoms with Gasteiger partial charge in [0.25, 0.3) is 0 Å². The highest BCUT2D eigenvalue weighted by atomic mass is 16.5. The minimum absolute atomic E-state index is 0.677. The highest BCUT2D eigenvalue weighted by molar-refractivity contribution is 5.90. The van der Waals surface area contributed by atoms with Gasteiger partial charge in [0.15, 0.2) is 0 Å². The molecule has 0 radical (unpaired) electrons. The number of ether oxygens (including phenoxy) is 1. The van der Waals surface area contributed by atoms with E-state index < -0.39 is 0 Å². The molecule has 0 unspecified atom stereocenters. The van der Waals surface area contributed by atoms with E-state index in [1.165, 1.54) is 5.56 Å². The lowest BCUT2D eigenvalue weighted by Gasteiger charge is -2.09. The Morgan fingerprint density at radius 1 is 0.947 bits per heavy atom. The van der Waals surface area contributed by atoms with Crippen LogP contribution in [-0.4, -0.2) is 12.1 Å². The molecule has 0 aliphatic heterocycles. The van der Waals surface area contributed by atoms with Crippen molar-refractivity contribution in [1.29, 1.82) is 0 Å². The van der Waals surface area contributed by atoms with Crippen LogP contribution in [0.5, 0.6) is 5.88 Å². The monoisotopic (exact) mass is 249 g/mol. The summed E-state index contributed by atoms with van der Waals surface area (Å²) in [6.45, 7) is 2.09. The molecule has 0 aliphatic carbocycles. The Hall–Kier alpha value is -2.35. The first-order chi connectivity index (χ1) is 9.28. The van der Waals surface area contributed by atoms with E-state index in [1.807, 2.05) is 18.2 Å². The average molecular weight is 249 g/mol. The number of aromatic nitrogens is 1. The summed E-state index contributed by atoms with van der Waals surface area (Å²) in [6.07, 6.45) is 0. The maximum Gasteiger partial charge on any atom is 0.221 e. The van der Waals surface area contributed by atoms with Gasteiger partial charge >= 0.3 is 0 Å². The van der Waals surface area contributed by atoms with Crippen LogP contribution in [0.1, 0.15) is 5.56 Å². The van der Waals surface area contributed by atoms with Crippen molar-refractivity contribution in [1.82, 2.24) is 4.98 Å². The van der Waals surface area contributed by atoms with E-state index in [0.717, 1.165) is 22.0 Å². The maximum atomic E-state index is 5.42. The zero-order chi connectivity index (χ0) is 13.2. The van der Waals surface area contributed by atoms with Gasteiger partial charge < -0.3 is 4.74 Å². The van der Waals surface area contributed by atoms with Gasteiger partial charge in [-0.1, -0.05) is 48.0 Å². The van der Waals surface area contributed by atoms with Crippen LogP contribution >= 0.6 is 0 Å². The molecule has 3 rings (SSSR count). The minimum atomic E-state index is 0.677. The van der Waals surface area contributed by atoms with Crippen molar-refractivity contribution < 1.29 is 4.74 Å². The largest absolute Gasteiger partial charge is 0.481 e. The van der Waals surface area contributed by atoms with Gasteiger partial charge in [0.05, 0.1) is 12.8 Å². The molecule has 1 aromatic heterocycles. The molecule has 94 valence electrons. The second-order valence-corrected chi connectivity index (χ2v) is 4.61. The maximum absolute atomic E-state index is 5.42. The van der Waals surface area contributed by atoms with E-state index in [0.29, 0.717) is 5.88 Å². The molecule has 0 spiro atoms. The SMILES string of the molecule is COc1nc(-c2ccccc2)cc2cc(C)ccc12. The van der Waals surface area contributed by atoms with Gasteiger partial charge in [-0.25, -0.2) is 4.98 Å². The number of rotatable bonds is 2. The summed E-state index contributed by atoms with van der Waals surface area (Å²) in [5, 5.41) is 2.21. The summed E-state index contributed by atoms with van der Waals surface area (Å²) in [6, 6.07) is 18.6. The summed E-state index contributed by atoms with van der Waals surface area (Å²) in [7, 11) is 1.66. The van der Waals surface area contributed by atoms with Gasteiger partial charge in [-0.15, -0.1) is 0 Å². The lowest BCUT2D eigenvalue weighted by molar-refractivity contribution is 0.404. The first-order valence-corrected chi connectivity index (χ1v) is 6.29. The number of hydrogen-bond acceptors (Lipinski definition) is 2. The zero-order valence-corrected chi connectivity index (χ0v) is 11.1. The van der Waals surface area contributed by atoms with Gasteiger partial charge in [0.1, 0.15) is 0 Å². The Bertz CT molecular complexity index is 720. The third kappa shape index (κ3) is 2.17. The van der Waals surface area contributed by atoms with E-state index in [1.54, 1.807) is 7.11 Å². The van der Waals surface area contributed by atoms with Crippen molar-refractivity contribution in [2.45, 2.75) is 6.92 Å². The molecule has 3 aromatic rings. The Morgan fingerprint density at radius 3 is 2.47 bits per heavy atom. The van der Waals surface area contributed by atoms with E-state index >= 15 is 0 Å².